The molecule has 7 heteroatoms. The molecule has 1 amide bonds. The van der Waals surface area contributed by atoms with Crippen LogP contribution in [-0.2, 0) is 9.59 Å². The average molecular weight is 410 g/mol. The predicted molar refractivity (Wildman–Crippen MR) is 112 cm³/mol. The van der Waals surface area contributed by atoms with Gasteiger partial charge in [0.25, 0.3) is 5.91 Å². The van der Waals surface area contributed by atoms with Gasteiger partial charge in [0.1, 0.15) is 11.7 Å². The van der Waals surface area contributed by atoms with E-state index in [1.807, 2.05) is 27.1 Å². The first kappa shape index (κ1) is 21.6. The number of nitrogens with zero attached hydrogens (tertiary/aromatic N) is 2. The highest BCUT2D eigenvalue weighted by molar-refractivity contribution is 6.44. The molecular weight excluding hydrogens is 382 g/mol. The minimum Gasteiger partial charge on any atom is -0.496 e. The fourth-order valence-electron chi connectivity index (χ4n) is 3.96. The topological polar surface area (TPSA) is 81.0 Å². The van der Waals surface area contributed by atoms with Crippen molar-refractivity contribution in [3.63, 3.8) is 0 Å². The molecule has 0 aliphatic carbocycles. The van der Waals surface area contributed by atoms with Gasteiger partial charge in [0.15, 0.2) is 5.78 Å². The summed E-state index contributed by atoms with van der Waals surface area (Å²) < 4.78 is 5.26. The molecule has 1 aliphatic heterocycles. The van der Waals surface area contributed by atoms with E-state index in [1.165, 1.54) is 4.90 Å². The number of methoxy groups -OCH3 is 1. The van der Waals surface area contributed by atoms with Gasteiger partial charge in [-0.2, -0.15) is 0 Å². The van der Waals surface area contributed by atoms with E-state index in [1.54, 1.807) is 48.7 Å². The average Bonchev–Trinajstić information content (AvgIpc) is 2.98. The molecule has 3 rings (SSSR count). The second kappa shape index (κ2) is 9.17. The minimum absolute atomic E-state index is 0.353. The van der Waals surface area contributed by atoms with Crippen LogP contribution in [0.1, 0.15) is 33.9 Å². The number of hydrogen-bond acceptors (Lipinski definition) is 5. The lowest BCUT2D eigenvalue weighted by Crippen LogP contribution is -3.05. The Labute approximate surface area is 176 Å². The van der Waals surface area contributed by atoms with E-state index in [0.717, 1.165) is 18.5 Å². The third-order valence-corrected chi connectivity index (χ3v) is 5.47. The molecule has 1 aromatic carbocycles. The molecule has 1 saturated heterocycles. The van der Waals surface area contributed by atoms with Crippen molar-refractivity contribution in [3.8, 4) is 5.75 Å². The largest absolute Gasteiger partial charge is 0.496 e. The molecular formula is C23H28N3O4+. The van der Waals surface area contributed by atoms with Gasteiger partial charge in [0.2, 0.25) is 5.78 Å². The molecule has 0 bridgehead atoms. The van der Waals surface area contributed by atoms with E-state index in [2.05, 4.69) is 4.98 Å². The molecule has 2 aromatic rings. The monoisotopic (exact) mass is 410 g/mol. The van der Waals surface area contributed by atoms with Crippen LogP contribution in [0, 0.1) is 12.8 Å². The van der Waals surface area contributed by atoms with Crippen LogP contribution in [0.25, 0.3) is 0 Å². The SMILES string of the molecule is COc1ccc(C(=O)C2C(=O)C(=O)N(CCC[NH+](C)C)C2c2cccnc2)cc1C. The number of aryl methyl sites for hydroxylation is 1. The lowest BCUT2D eigenvalue weighted by molar-refractivity contribution is -0.858. The number of carbonyl (C=O) groups excluding carboxylic acids is 3. The van der Waals surface area contributed by atoms with Crippen LogP contribution in [0.5, 0.6) is 5.75 Å². The van der Waals surface area contributed by atoms with Crippen molar-refractivity contribution < 1.29 is 24.0 Å². The summed E-state index contributed by atoms with van der Waals surface area (Å²) in [6.07, 6.45) is 3.99. The Bertz CT molecular complexity index is 943. The van der Waals surface area contributed by atoms with Crippen LogP contribution in [0.15, 0.2) is 42.7 Å². The summed E-state index contributed by atoms with van der Waals surface area (Å²) in [6.45, 7) is 3.11. The Morgan fingerprint density at radius 1 is 1.23 bits per heavy atom. The van der Waals surface area contributed by atoms with Gasteiger partial charge < -0.3 is 14.5 Å². The Morgan fingerprint density at radius 2 is 2.00 bits per heavy atom. The third-order valence-electron chi connectivity index (χ3n) is 5.47. The summed E-state index contributed by atoms with van der Waals surface area (Å²) in [4.78, 5) is 46.2. The first-order valence-electron chi connectivity index (χ1n) is 10.1. The lowest BCUT2D eigenvalue weighted by atomic mass is 9.86. The van der Waals surface area contributed by atoms with Gasteiger partial charge in [-0.1, -0.05) is 6.07 Å². The highest BCUT2D eigenvalue weighted by Crippen LogP contribution is 2.38. The van der Waals surface area contributed by atoms with E-state index >= 15 is 0 Å². The number of aromatic nitrogens is 1. The standard InChI is InChI=1S/C23H27N3O4/c1-15-13-16(8-9-18(15)30-4)21(27)19-20(17-7-5-10-24-14-17)26(23(29)22(19)28)12-6-11-25(2)3/h5,7-10,13-14,19-20H,6,11-12H2,1-4H3/p+1. The van der Waals surface area contributed by atoms with E-state index in [0.29, 0.717) is 23.4 Å². The molecule has 0 radical (unpaired) electrons. The van der Waals surface area contributed by atoms with Crippen molar-refractivity contribution in [2.75, 3.05) is 34.3 Å². The first-order chi connectivity index (χ1) is 14.3. The Kier molecular flexibility index (Phi) is 6.62. The van der Waals surface area contributed by atoms with Crippen LogP contribution in [0.2, 0.25) is 0 Å². The number of carbonyl (C=O) groups is 3. The molecule has 1 N–H and O–H groups in total. The van der Waals surface area contributed by atoms with E-state index < -0.39 is 23.7 Å². The van der Waals surface area contributed by atoms with Gasteiger partial charge in [-0.3, -0.25) is 19.4 Å². The molecule has 158 valence electrons. The summed E-state index contributed by atoms with van der Waals surface area (Å²) in [7, 11) is 5.64. The van der Waals surface area contributed by atoms with Gasteiger partial charge in [0.05, 0.1) is 33.8 Å². The molecule has 1 aliphatic rings. The molecule has 1 aromatic heterocycles. The number of nitrogens with one attached hydrogen (secondary N) is 1. The third kappa shape index (κ3) is 4.26. The molecule has 0 spiro atoms. The zero-order valence-electron chi connectivity index (χ0n) is 17.8. The van der Waals surface area contributed by atoms with Crippen LogP contribution in [0.3, 0.4) is 0 Å². The Morgan fingerprint density at radius 3 is 2.60 bits per heavy atom. The number of benzene rings is 1. The van der Waals surface area contributed by atoms with Crippen molar-refractivity contribution in [1.82, 2.24) is 9.88 Å². The van der Waals surface area contributed by atoms with Gasteiger partial charge in [-0.05, 0) is 42.3 Å². The maximum atomic E-state index is 13.4. The van der Waals surface area contributed by atoms with Crippen molar-refractivity contribution in [2.24, 2.45) is 5.92 Å². The fraction of sp³-hybridized carbons (Fsp3) is 0.391. The number of pyridine rings is 1. The molecule has 2 heterocycles. The van der Waals surface area contributed by atoms with Gasteiger partial charge in [-0.25, -0.2) is 0 Å². The minimum atomic E-state index is -1.08. The van der Waals surface area contributed by atoms with Crippen molar-refractivity contribution in [1.29, 1.82) is 0 Å². The zero-order chi connectivity index (χ0) is 21.8. The molecule has 1 fully saturated rings. The van der Waals surface area contributed by atoms with Crippen LogP contribution in [0.4, 0.5) is 0 Å². The highest BCUT2D eigenvalue weighted by Gasteiger charge is 2.51. The van der Waals surface area contributed by atoms with E-state index in [9.17, 15) is 14.4 Å². The number of amides is 1. The van der Waals surface area contributed by atoms with Gasteiger partial charge in [0, 0.05) is 30.9 Å². The highest BCUT2D eigenvalue weighted by atomic mass is 16.5. The normalized spacial score (nSPS) is 18.9. The number of ether oxygens (including phenoxy) is 1. The smallest absolute Gasteiger partial charge is 0.291 e. The second-order valence-corrected chi connectivity index (χ2v) is 7.93. The van der Waals surface area contributed by atoms with Crippen molar-refractivity contribution >= 4 is 17.5 Å². The molecule has 30 heavy (non-hydrogen) atoms. The lowest BCUT2D eigenvalue weighted by Gasteiger charge is -2.27. The van der Waals surface area contributed by atoms with E-state index in [4.69, 9.17) is 4.74 Å². The maximum absolute atomic E-state index is 13.4. The second-order valence-electron chi connectivity index (χ2n) is 7.93. The summed E-state index contributed by atoms with van der Waals surface area (Å²) in [6, 6.07) is 7.98. The van der Waals surface area contributed by atoms with Crippen molar-refractivity contribution in [2.45, 2.75) is 19.4 Å². The molecule has 0 saturated carbocycles. The maximum Gasteiger partial charge on any atom is 0.291 e. The van der Waals surface area contributed by atoms with Gasteiger partial charge in [-0.15, -0.1) is 0 Å². The summed E-state index contributed by atoms with van der Waals surface area (Å²) in [5, 5.41) is 0. The molecule has 2 unspecified atom stereocenters. The summed E-state index contributed by atoms with van der Waals surface area (Å²) in [5.74, 6) is -2.02. The number of hydrogen-bond donors (Lipinski definition) is 1. The van der Waals surface area contributed by atoms with Gasteiger partial charge >= 0.3 is 0 Å². The fourth-order valence-corrected chi connectivity index (χ4v) is 3.96. The molecule has 7 nitrogen and oxygen atoms in total. The molecule has 2 atom stereocenters. The quantitative estimate of drug-likeness (QED) is 0.397. The number of Topliss-reactive ketones (excluding diaryl/α,β-unsaturated/α-hetero) is 2. The Balaban J connectivity index is 1.98. The zero-order valence-corrected chi connectivity index (χ0v) is 17.8. The van der Waals surface area contributed by atoms with E-state index in [-0.39, 0.29) is 5.78 Å². The van der Waals surface area contributed by atoms with Crippen LogP contribution in [-0.4, -0.2) is 61.7 Å². The summed E-state index contributed by atoms with van der Waals surface area (Å²) >= 11 is 0. The van der Waals surface area contributed by atoms with Crippen LogP contribution >= 0.6 is 0 Å². The first-order valence-corrected chi connectivity index (χ1v) is 10.1. The van der Waals surface area contributed by atoms with Crippen LogP contribution < -0.4 is 9.64 Å². The number of ketones is 2. The van der Waals surface area contributed by atoms with Crippen molar-refractivity contribution in [3.05, 3.63) is 59.4 Å². The summed E-state index contributed by atoms with van der Waals surface area (Å²) in [5.41, 5.74) is 1.88. The number of quaternary nitrogens is 1. The number of rotatable bonds is 8. The number of likely N-dealkylation sites (tertiary alicyclic amines) is 1. The Hall–Kier alpha value is -3.06. The predicted octanol–water partition coefficient (Wildman–Crippen LogP) is 0.885.